The molecule has 1 aromatic carbocycles. The Hall–Kier alpha value is -1.24. The van der Waals surface area contributed by atoms with Crippen molar-refractivity contribution in [3.63, 3.8) is 0 Å². The van der Waals surface area contributed by atoms with Crippen LogP contribution in [0.5, 0.6) is 0 Å². The van der Waals surface area contributed by atoms with Gasteiger partial charge in [0.1, 0.15) is 12.0 Å². The van der Waals surface area contributed by atoms with Crippen LogP contribution in [-0.2, 0) is 13.1 Å². The third kappa shape index (κ3) is 5.62. The highest BCUT2D eigenvalue weighted by atomic mass is 35.5. The van der Waals surface area contributed by atoms with E-state index in [1.54, 1.807) is 6.07 Å². The lowest BCUT2D eigenvalue weighted by atomic mass is 10.2. The molecule has 5 nitrogen and oxygen atoms in total. The van der Waals surface area contributed by atoms with Crippen LogP contribution >= 0.6 is 36.4 Å². The van der Waals surface area contributed by atoms with E-state index in [2.05, 4.69) is 4.90 Å². The summed E-state index contributed by atoms with van der Waals surface area (Å²) in [4.78, 5) is 16.6. The number of carbonyl (C=O) groups excluding carboxylic acids is 1. The molecule has 1 aromatic heterocycles. The van der Waals surface area contributed by atoms with Crippen molar-refractivity contribution in [3.05, 3.63) is 58.5 Å². The first-order chi connectivity index (χ1) is 11.2. The van der Waals surface area contributed by atoms with E-state index in [1.165, 1.54) is 11.8 Å². The van der Waals surface area contributed by atoms with E-state index in [1.807, 2.05) is 29.2 Å². The van der Waals surface area contributed by atoms with Crippen LogP contribution in [0.3, 0.4) is 0 Å². The standard InChI is InChI=1S/C17H20ClN3O2.2ClH/c18-15-3-1-13(2-4-15)11-20-5-7-21(8-6-20)17(22)14-9-16(10-19)23-12-14;;/h1-4,9,12H,5-8,10-11,19H2;2*1H. The highest BCUT2D eigenvalue weighted by molar-refractivity contribution is 6.30. The predicted octanol–water partition coefficient (Wildman–Crippen LogP) is 3.19. The fourth-order valence-electron chi connectivity index (χ4n) is 2.74. The van der Waals surface area contributed by atoms with Crippen LogP contribution < -0.4 is 5.73 Å². The van der Waals surface area contributed by atoms with Crippen LogP contribution in [0, 0.1) is 0 Å². The van der Waals surface area contributed by atoms with Crippen molar-refractivity contribution in [1.29, 1.82) is 0 Å². The van der Waals surface area contributed by atoms with Gasteiger partial charge < -0.3 is 15.1 Å². The fourth-order valence-corrected chi connectivity index (χ4v) is 2.87. The van der Waals surface area contributed by atoms with Crippen molar-refractivity contribution in [2.24, 2.45) is 5.73 Å². The smallest absolute Gasteiger partial charge is 0.257 e. The number of rotatable bonds is 4. The van der Waals surface area contributed by atoms with Crippen molar-refractivity contribution in [3.8, 4) is 0 Å². The second-order valence-electron chi connectivity index (χ2n) is 5.70. The number of benzene rings is 1. The average Bonchev–Trinajstić information content (AvgIpc) is 3.06. The van der Waals surface area contributed by atoms with Crippen LogP contribution in [-0.4, -0.2) is 41.9 Å². The molecule has 0 spiro atoms. The van der Waals surface area contributed by atoms with Gasteiger partial charge in [-0.2, -0.15) is 0 Å². The van der Waals surface area contributed by atoms with Crippen molar-refractivity contribution in [2.75, 3.05) is 26.2 Å². The highest BCUT2D eigenvalue weighted by Gasteiger charge is 2.23. The van der Waals surface area contributed by atoms with Gasteiger partial charge in [0.2, 0.25) is 0 Å². The minimum absolute atomic E-state index is 0. The summed E-state index contributed by atoms with van der Waals surface area (Å²) in [6.07, 6.45) is 1.49. The first kappa shape index (κ1) is 21.8. The predicted molar refractivity (Wildman–Crippen MR) is 104 cm³/mol. The third-order valence-corrected chi connectivity index (χ3v) is 4.33. The molecule has 0 radical (unpaired) electrons. The number of halogens is 3. The zero-order valence-electron chi connectivity index (χ0n) is 13.7. The summed E-state index contributed by atoms with van der Waals surface area (Å²) in [6, 6.07) is 9.62. The molecule has 25 heavy (non-hydrogen) atoms. The van der Waals surface area contributed by atoms with Crippen LogP contribution in [0.1, 0.15) is 21.7 Å². The highest BCUT2D eigenvalue weighted by Crippen LogP contribution is 2.15. The minimum Gasteiger partial charge on any atom is -0.467 e. The Morgan fingerprint density at radius 3 is 2.32 bits per heavy atom. The summed E-state index contributed by atoms with van der Waals surface area (Å²) in [7, 11) is 0. The van der Waals surface area contributed by atoms with Gasteiger partial charge >= 0.3 is 0 Å². The maximum atomic E-state index is 12.4. The molecule has 2 heterocycles. The maximum Gasteiger partial charge on any atom is 0.257 e. The van der Waals surface area contributed by atoms with Gasteiger partial charge in [0, 0.05) is 37.7 Å². The van der Waals surface area contributed by atoms with Gasteiger partial charge in [0.05, 0.1) is 12.1 Å². The van der Waals surface area contributed by atoms with Gasteiger partial charge in [0.25, 0.3) is 5.91 Å². The molecular weight excluding hydrogens is 385 g/mol. The Bertz CT molecular complexity index is 668. The Morgan fingerprint density at radius 2 is 1.76 bits per heavy atom. The summed E-state index contributed by atoms with van der Waals surface area (Å²) in [6.45, 7) is 4.33. The topological polar surface area (TPSA) is 62.7 Å². The lowest BCUT2D eigenvalue weighted by molar-refractivity contribution is 0.0628. The average molecular weight is 407 g/mol. The second-order valence-corrected chi connectivity index (χ2v) is 6.14. The van der Waals surface area contributed by atoms with E-state index in [0.29, 0.717) is 17.9 Å². The summed E-state index contributed by atoms with van der Waals surface area (Å²) < 4.78 is 5.24. The van der Waals surface area contributed by atoms with Gasteiger partial charge in [-0.15, -0.1) is 24.8 Å². The van der Waals surface area contributed by atoms with E-state index in [4.69, 9.17) is 21.8 Å². The molecular formula is C17H22Cl3N3O2. The monoisotopic (exact) mass is 405 g/mol. The summed E-state index contributed by atoms with van der Waals surface area (Å²) >= 11 is 5.91. The van der Waals surface area contributed by atoms with Crippen LogP contribution in [0.2, 0.25) is 5.02 Å². The molecule has 8 heteroatoms. The number of hydrogen-bond donors (Lipinski definition) is 1. The lowest BCUT2D eigenvalue weighted by Crippen LogP contribution is -2.48. The van der Waals surface area contributed by atoms with E-state index in [9.17, 15) is 4.79 Å². The first-order valence-corrected chi connectivity index (χ1v) is 8.07. The Labute approximate surface area is 164 Å². The van der Waals surface area contributed by atoms with E-state index in [0.717, 1.165) is 37.7 Å². The molecule has 1 aliphatic rings. The number of nitrogens with two attached hydrogens (primary N) is 1. The first-order valence-electron chi connectivity index (χ1n) is 7.69. The van der Waals surface area contributed by atoms with E-state index >= 15 is 0 Å². The Balaban J connectivity index is 0.00000156. The molecule has 1 aliphatic heterocycles. The molecule has 2 aromatic rings. The molecule has 0 saturated carbocycles. The van der Waals surface area contributed by atoms with Crippen LogP contribution in [0.4, 0.5) is 0 Å². The van der Waals surface area contributed by atoms with Gasteiger partial charge in [-0.25, -0.2) is 0 Å². The number of nitrogens with zero attached hydrogens (tertiary/aromatic N) is 2. The lowest BCUT2D eigenvalue weighted by Gasteiger charge is -2.34. The van der Waals surface area contributed by atoms with Crippen molar-refractivity contribution in [2.45, 2.75) is 13.1 Å². The van der Waals surface area contributed by atoms with E-state index in [-0.39, 0.29) is 30.7 Å². The fraction of sp³-hybridized carbons (Fsp3) is 0.353. The zero-order valence-corrected chi connectivity index (χ0v) is 16.1. The van der Waals surface area contributed by atoms with Crippen molar-refractivity contribution in [1.82, 2.24) is 9.80 Å². The van der Waals surface area contributed by atoms with Gasteiger partial charge in [-0.05, 0) is 23.8 Å². The van der Waals surface area contributed by atoms with Crippen molar-refractivity contribution < 1.29 is 9.21 Å². The second kappa shape index (κ2) is 10.0. The molecule has 2 N–H and O–H groups in total. The SMILES string of the molecule is Cl.Cl.NCc1cc(C(=O)N2CCN(Cc3ccc(Cl)cc3)CC2)co1. The van der Waals surface area contributed by atoms with Crippen molar-refractivity contribution >= 4 is 42.3 Å². The Morgan fingerprint density at radius 1 is 1.12 bits per heavy atom. The Kier molecular flexibility index (Phi) is 8.76. The van der Waals surface area contributed by atoms with Gasteiger partial charge in [-0.1, -0.05) is 23.7 Å². The third-order valence-electron chi connectivity index (χ3n) is 4.08. The number of carbonyl (C=O) groups is 1. The molecule has 0 bridgehead atoms. The van der Waals surface area contributed by atoms with Crippen LogP contribution in [0.15, 0.2) is 41.0 Å². The normalized spacial score (nSPS) is 14.6. The number of furan rings is 1. The molecule has 1 amide bonds. The number of amides is 1. The quantitative estimate of drug-likeness (QED) is 0.847. The maximum absolute atomic E-state index is 12.4. The van der Waals surface area contributed by atoms with E-state index < -0.39 is 0 Å². The number of piperazine rings is 1. The summed E-state index contributed by atoms with van der Waals surface area (Å²) in [5, 5.41) is 0.751. The zero-order chi connectivity index (χ0) is 16.2. The number of hydrogen-bond acceptors (Lipinski definition) is 4. The van der Waals surface area contributed by atoms with Gasteiger partial charge in [-0.3, -0.25) is 9.69 Å². The summed E-state index contributed by atoms with van der Waals surface area (Å²) in [5.74, 6) is 0.648. The molecule has 1 fully saturated rings. The molecule has 0 unspecified atom stereocenters. The summed E-state index contributed by atoms with van der Waals surface area (Å²) in [5.41, 5.74) is 7.32. The molecule has 138 valence electrons. The molecule has 0 atom stereocenters. The molecule has 1 saturated heterocycles. The van der Waals surface area contributed by atoms with Crippen LogP contribution in [0.25, 0.3) is 0 Å². The largest absolute Gasteiger partial charge is 0.467 e. The molecule has 0 aliphatic carbocycles. The molecule has 3 rings (SSSR count). The minimum atomic E-state index is 0. The van der Waals surface area contributed by atoms with Gasteiger partial charge in [0.15, 0.2) is 0 Å².